The number of nitrogens with one attached hydrogen (secondary N) is 4. The van der Waals surface area contributed by atoms with Gasteiger partial charge in [0.05, 0.1) is 62.6 Å². The van der Waals surface area contributed by atoms with E-state index < -0.39 is 44.1 Å². The van der Waals surface area contributed by atoms with Gasteiger partial charge in [-0.15, -0.1) is 0 Å². The Balaban J connectivity index is 0.770. The van der Waals surface area contributed by atoms with Crippen LogP contribution in [0.5, 0.6) is 0 Å². The molecule has 4 aromatic carbocycles. The van der Waals surface area contributed by atoms with E-state index in [9.17, 15) is 36.6 Å². The van der Waals surface area contributed by atoms with Crippen molar-refractivity contribution in [3.8, 4) is 0 Å². The molecular weight excluding hydrogens is 1060 g/mol. The first-order valence-electron chi connectivity index (χ1n) is 23.1. The Hall–Kier alpha value is -3.52. The van der Waals surface area contributed by atoms with Gasteiger partial charge in [0.1, 0.15) is 0 Å². The maximum Gasteiger partial charge on any atom is 0.252 e. The second-order valence-corrected chi connectivity index (χ2v) is 22.5. The molecule has 72 heavy (non-hydrogen) atoms. The number of hydrogen-bond acceptors (Lipinski definition) is 14. The zero-order chi connectivity index (χ0) is 52.0. The predicted molar refractivity (Wildman–Crippen MR) is 274 cm³/mol. The lowest BCUT2D eigenvalue weighted by atomic mass is 9.85. The molecule has 2 unspecified atom stereocenters. The number of benzene rings is 4. The summed E-state index contributed by atoms with van der Waals surface area (Å²) in [5.41, 5.74) is 5.50. The van der Waals surface area contributed by atoms with Crippen molar-refractivity contribution in [2.75, 3.05) is 106 Å². The largest absolute Gasteiger partial charge is 0.380 e. The van der Waals surface area contributed by atoms with Gasteiger partial charge in [0.25, 0.3) is 11.8 Å². The van der Waals surface area contributed by atoms with Crippen LogP contribution < -0.4 is 20.1 Å². The van der Waals surface area contributed by atoms with Crippen molar-refractivity contribution in [2.45, 2.75) is 46.9 Å². The Kier molecular flexibility index (Phi) is 21.9. The smallest absolute Gasteiger partial charge is 0.252 e. The molecule has 4 atom stereocenters. The van der Waals surface area contributed by atoms with Crippen molar-refractivity contribution < 1.29 is 55.6 Å². The normalized spacial score (nSPS) is 17.2. The number of aliphatic hydroxyl groups is 2. The number of likely N-dealkylation sites (N-methyl/N-ethyl adjacent to an activating group) is 2. The van der Waals surface area contributed by atoms with E-state index in [1.165, 1.54) is 12.1 Å². The molecule has 6 rings (SSSR count). The van der Waals surface area contributed by atoms with Gasteiger partial charge in [-0.2, -0.15) is 0 Å². The van der Waals surface area contributed by atoms with Crippen LogP contribution in [0.3, 0.4) is 0 Å². The molecule has 0 radical (unpaired) electrons. The highest BCUT2D eigenvalue weighted by atomic mass is 35.5. The quantitative estimate of drug-likeness (QED) is 0.0468. The molecule has 394 valence electrons. The summed E-state index contributed by atoms with van der Waals surface area (Å²) in [7, 11) is -3.74. The number of nitrogens with zero attached hydrogens (tertiary/aromatic N) is 2. The average Bonchev–Trinajstić information content (AvgIpc) is 3.34. The van der Waals surface area contributed by atoms with E-state index in [1.54, 1.807) is 36.4 Å². The Morgan fingerprint density at radius 2 is 0.931 bits per heavy atom. The van der Waals surface area contributed by atoms with Crippen LogP contribution in [0.4, 0.5) is 0 Å². The number of aliphatic hydroxyl groups excluding tert-OH is 2. The van der Waals surface area contributed by atoms with Gasteiger partial charge >= 0.3 is 0 Å². The summed E-state index contributed by atoms with van der Waals surface area (Å²) in [6, 6.07) is 20.7. The van der Waals surface area contributed by atoms with Gasteiger partial charge < -0.3 is 49.6 Å². The summed E-state index contributed by atoms with van der Waals surface area (Å²) in [5.74, 6) is -2.23. The van der Waals surface area contributed by atoms with E-state index in [-0.39, 0.29) is 101 Å². The van der Waals surface area contributed by atoms with Gasteiger partial charge in [-0.1, -0.05) is 70.7 Å². The maximum atomic E-state index is 13.1. The molecule has 0 aromatic heterocycles. The summed E-state index contributed by atoms with van der Waals surface area (Å²) >= 11 is 25.7. The van der Waals surface area contributed by atoms with Crippen molar-refractivity contribution in [1.29, 1.82) is 0 Å². The molecule has 0 saturated heterocycles. The van der Waals surface area contributed by atoms with Crippen LogP contribution in [0, 0.1) is 0 Å². The van der Waals surface area contributed by atoms with E-state index in [1.807, 2.05) is 38.4 Å². The van der Waals surface area contributed by atoms with E-state index in [2.05, 4.69) is 29.9 Å². The summed E-state index contributed by atoms with van der Waals surface area (Å²) < 4.78 is 79.4. The third-order valence-electron chi connectivity index (χ3n) is 11.9. The van der Waals surface area contributed by atoms with Crippen molar-refractivity contribution >= 4 is 78.3 Å². The average molecular weight is 1120 g/mol. The van der Waals surface area contributed by atoms with Gasteiger partial charge in [0.2, 0.25) is 20.0 Å². The van der Waals surface area contributed by atoms with Crippen molar-refractivity contribution in [3.05, 3.63) is 126 Å². The molecule has 24 heteroatoms. The molecule has 4 aromatic rings. The SMILES string of the molecule is CN1Cc2c(Cl)cc(Cl)cc2C(c2cccc(S(=O)(=O)NCCOCCOCCNC(=O)[C@H](O)[C@@H](O)C(=O)NCCOCCOCCNS(=O)(=O)c3cccc(C4CN(C)Cc5c(Cl)cc(Cl)cc54)c3)c2)C1. The lowest BCUT2D eigenvalue weighted by Crippen LogP contribution is -2.50. The van der Waals surface area contributed by atoms with Crippen LogP contribution in [0.15, 0.2) is 82.6 Å². The van der Waals surface area contributed by atoms with Crippen molar-refractivity contribution in [2.24, 2.45) is 0 Å². The van der Waals surface area contributed by atoms with E-state index in [0.717, 1.165) is 33.4 Å². The highest BCUT2D eigenvalue weighted by Gasteiger charge is 2.31. The molecule has 2 heterocycles. The van der Waals surface area contributed by atoms with Crippen LogP contribution in [-0.4, -0.2) is 167 Å². The van der Waals surface area contributed by atoms with Crippen molar-refractivity contribution in [1.82, 2.24) is 29.9 Å². The summed E-state index contributed by atoms with van der Waals surface area (Å²) in [6.45, 7) is 3.29. The number of fused-ring (bicyclic) bond motifs is 2. The van der Waals surface area contributed by atoms with Crippen LogP contribution in [0.2, 0.25) is 20.1 Å². The number of ether oxygens (including phenoxy) is 4. The van der Waals surface area contributed by atoms with Crippen LogP contribution in [0.25, 0.3) is 0 Å². The zero-order valence-electron chi connectivity index (χ0n) is 39.8. The number of carbonyl (C=O) groups excluding carboxylic acids is 2. The molecule has 2 aliphatic heterocycles. The van der Waals surface area contributed by atoms with Gasteiger partial charge in [0.15, 0.2) is 12.2 Å². The standard InChI is InChI=1S/C48H60Cl4N6O12S2/c1-57-27-39(37-23-33(49)25-43(51)41(37)29-57)31-5-3-7-35(21-31)71(63,64)55-11-15-69-19-17-67-13-9-53-47(61)45(59)46(60)48(62)54-10-14-68-18-20-70-16-12-56-72(65,66)36-8-4-6-32(22-36)40-28-58(2)30-42-38(40)24-34(50)26-44(42)52/h3-8,21-26,39-40,45-46,55-56,59-60H,9-20,27-30H2,1-2H3,(H,53,61)(H,54,62)/t39?,40?,45-,46-/m1/s1. The first-order valence-corrected chi connectivity index (χ1v) is 27.6. The fraction of sp³-hybridized carbons (Fsp3) is 0.458. The van der Waals surface area contributed by atoms with Crippen LogP contribution in [-0.2, 0) is 61.7 Å². The van der Waals surface area contributed by atoms with E-state index >= 15 is 0 Å². The molecule has 0 bridgehead atoms. The van der Waals surface area contributed by atoms with Gasteiger partial charge in [-0.3, -0.25) is 9.59 Å². The molecule has 0 spiro atoms. The minimum Gasteiger partial charge on any atom is -0.380 e. The van der Waals surface area contributed by atoms with Gasteiger partial charge in [0, 0.05) is 84.3 Å². The maximum absolute atomic E-state index is 13.1. The lowest BCUT2D eigenvalue weighted by Gasteiger charge is -2.33. The number of carbonyl (C=O) groups is 2. The fourth-order valence-corrected chi connectivity index (χ4v) is 11.6. The third-order valence-corrected chi connectivity index (χ3v) is 15.9. The first kappa shape index (κ1) is 57.8. The molecular formula is C48H60Cl4N6O12S2. The monoisotopic (exact) mass is 1120 g/mol. The lowest BCUT2D eigenvalue weighted by molar-refractivity contribution is -0.146. The Labute approximate surface area is 440 Å². The highest BCUT2D eigenvalue weighted by molar-refractivity contribution is 7.89. The molecule has 0 aliphatic carbocycles. The minimum absolute atomic E-state index is 0.0108. The third kappa shape index (κ3) is 16.2. The zero-order valence-corrected chi connectivity index (χ0v) is 44.4. The molecule has 0 saturated carbocycles. The number of sulfonamides is 2. The van der Waals surface area contributed by atoms with Crippen LogP contribution >= 0.6 is 46.4 Å². The summed E-state index contributed by atoms with van der Waals surface area (Å²) in [4.78, 5) is 29.1. The first-order chi connectivity index (χ1) is 34.3. The molecule has 6 N–H and O–H groups in total. The minimum atomic E-state index is -3.85. The van der Waals surface area contributed by atoms with Gasteiger partial charge in [-0.05, 0) is 96.0 Å². The molecule has 0 fully saturated rings. The number of amides is 2. The highest BCUT2D eigenvalue weighted by Crippen LogP contribution is 2.40. The molecule has 2 amide bonds. The van der Waals surface area contributed by atoms with E-state index in [4.69, 9.17) is 65.4 Å². The van der Waals surface area contributed by atoms with Crippen LogP contribution in [0.1, 0.15) is 45.2 Å². The van der Waals surface area contributed by atoms with Gasteiger partial charge in [-0.25, -0.2) is 26.3 Å². The molecule has 18 nitrogen and oxygen atoms in total. The van der Waals surface area contributed by atoms with E-state index in [0.29, 0.717) is 46.3 Å². The Morgan fingerprint density at radius 1 is 0.569 bits per heavy atom. The second-order valence-electron chi connectivity index (χ2n) is 17.3. The second kappa shape index (κ2) is 27.3. The number of hydrogen-bond donors (Lipinski definition) is 6. The Bertz CT molecular complexity index is 2540. The Morgan fingerprint density at radius 3 is 1.31 bits per heavy atom. The number of rotatable bonds is 27. The topological polar surface area (TPSA) is 234 Å². The van der Waals surface area contributed by atoms with Crippen molar-refractivity contribution in [3.63, 3.8) is 0 Å². The summed E-state index contributed by atoms with van der Waals surface area (Å²) in [5, 5.41) is 27.3. The number of halogens is 4. The molecule has 2 aliphatic rings. The predicted octanol–water partition coefficient (Wildman–Crippen LogP) is 3.73. The fourth-order valence-electron chi connectivity index (χ4n) is 8.35. The summed E-state index contributed by atoms with van der Waals surface area (Å²) in [6.07, 6.45) is -4.09.